The third-order valence-electron chi connectivity index (χ3n) is 4.05. The summed E-state index contributed by atoms with van der Waals surface area (Å²) >= 11 is 7.42. The maximum atomic E-state index is 12.7. The lowest BCUT2D eigenvalue weighted by Gasteiger charge is -2.19. The van der Waals surface area contributed by atoms with E-state index in [0.29, 0.717) is 16.7 Å². The molecular formula is C19H20BrNO2S2. The summed E-state index contributed by atoms with van der Waals surface area (Å²) in [5.41, 5.74) is 2.98. The van der Waals surface area contributed by atoms with Gasteiger partial charge in [0, 0.05) is 40.7 Å². The summed E-state index contributed by atoms with van der Waals surface area (Å²) in [7, 11) is 3.46. The van der Waals surface area contributed by atoms with Gasteiger partial charge in [0.25, 0.3) is 5.91 Å². The van der Waals surface area contributed by atoms with Crippen LogP contribution in [-0.4, -0.2) is 36.5 Å². The van der Waals surface area contributed by atoms with E-state index in [4.69, 9.17) is 4.74 Å². The Morgan fingerprint density at radius 2 is 1.88 bits per heavy atom. The minimum absolute atomic E-state index is 0.0142. The molecule has 2 aromatic carbocycles. The molecule has 1 amide bonds. The third kappa shape index (κ3) is 4.54. The van der Waals surface area contributed by atoms with Crippen LogP contribution >= 0.6 is 39.5 Å². The fraction of sp³-hybridized carbons (Fsp3) is 0.316. The minimum atomic E-state index is 0.0142. The molecule has 3 rings (SSSR count). The highest BCUT2D eigenvalue weighted by Crippen LogP contribution is 2.45. The first-order valence-corrected chi connectivity index (χ1v) is 10.9. The lowest BCUT2D eigenvalue weighted by molar-refractivity contribution is 0.0784. The molecule has 0 saturated carbocycles. The monoisotopic (exact) mass is 437 g/mol. The zero-order valence-electron chi connectivity index (χ0n) is 14.2. The number of nitrogens with zero attached hydrogens (tertiary/aromatic N) is 1. The summed E-state index contributed by atoms with van der Waals surface area (Å²) < 4.78 is 6.88. The van der Waals surface area contributed by atoms with Crippen molar-refractivity contribution >= 4 is 45.4 Å². The Morgan fingerprint density at radius 1 is 1.20 bits per heavy atom. The van der Waals surface area contributed by atoms with Crippen molar-refractivity contribution in [2.75, 3.05) is 25.7 Å². The molecule has 0 N–H and O–H groups in total. The van der Waals surface area contributed by atoms with E-state index >= 15 is 0 Å². The van der Waals surface area contributed by atoms with E-state index in [2.05, 4.69) is 28.1 Å². The predicted octanol–water partition coefficient (Wildman–Crippen LogP) is 5.21. The van der Waals surface area contributed by atoms with Crippen molar-refractivity contribution in [3.05, 3.63) is 63.6 Å². The van der Waals surface area contributed by atoms with Crippen LogP contribution in [0.5, 0.6) is 5.75 Å². The highest BCUT2D eigenvalue weighted by atomic mass is 79.9. The van der Waals surface area contributed by atoms with Crippen LogP contribution in [0.25, 0.3) is 0 Å². The van der Waals surface area contributed by atoms with Gasteiger partial charge in [0.05, 0.1) is 11.7 Å². The van der Waals surface area contributed by atoms with Crippen LogP contribution < -0.4 is 4.74 Å². The number of amides is 1. The van der Waals surface area contributed by atoms with E-state index in [1.807, 2.05) is 60.9 Å². The Morgan fingerprint density at radius 3 is 2.52 bits per heavy atom. The molecule has 0 aromatic heterocycles. The van der Waals surface area contributed by atoms with Crippen LogP contribution in [0.4, 0.5) is 0 Å². The summed E-state index contributed by atoms with van der Waals surface area (Å²) in [6.45, 7) is 0.498. The van der Waals surface area contributed by atoms with Crippen molar-refractivity contribution < 1.29 is 9.53 Å². The molecule has 0 atom stereocenters. The molecule has 132 valence electrons. The average Bonchev–Trinajstić information content (AvgIpc) is 3.16. The average molecular weight is 438 g/mol. The van der Waals surface area contributed by atoms with E-state index in [1.54, 1.807) is 12.0 Å². The van der Waals surface area contributed by atoms with Crippen molar-refractivity contribution in [2.45, 2.75) is 11.1 Å². The van der Waals surface area contributed by atoms with Gasteiger partial charge in [-0.25, -0.2) is 0 Å². The van der Waals surface area contributed by atoms with E-state index in [-0.39, 0.29) is 5.91 Å². The lowest BCUT2D eigenvalue weighted by atomic mass is 10.1. The molecule has 1 aliphatic rings. The number of halogens is 1. The Balaban J connectivity index is 1.71. The fourth-order valence-electron chi connectivity index (χ4n) is 2.75. The minimum Gasteiger partial charge on any atom is -0.496 e. The van der Waals surface area contributed by atoms with Crippen LogP contribution in [0.1, 0.15) is 26.1 Å². The summed E-state index contributed by atoms with van der Waals surface area (Å²) in [5.74, 6) is 3.20. The number of hydrogen-bond acceptors (Lipinski definition) is 4. The highest BCUT2D eigenvalue weighted by Gasteiger charge is 2.19. The van der Waals surface area contributed by atoms with Gasteiger partial charge in [-0.1, -0.05) is 28.1 Å². The topological polar surface area (TPSA) is 29.5 Å². The Hall–Kier alpha value is -1.11. The van der Waals surface area contributed by atoms with Gasteiger partial charge in [-0.15, -0.1) is 23.5 Å². The first-order chi connectivity index (χ1) is 12.1. The maximum Gasteiger partial charge on any atom is 0.253 e. The van der Waals surface area contributed by atoms with E-state index < -0.39 is 0 Å². The van der Waals surface area contributed by atoms with Gasteiger partial charge in [-0.3, -0.25) is 4.79 Å². The van der Waals surface area contributed by atoms with Gasteiger partial charge in [0.15, 0.2) is 0 Å². The summed E-state index contributed by atoms with van der Waals surface area (Å²) in [6, 6.07) is 13.9. The van der Waals surface area contributed by atoms with Gasteiger partial charge >= 0.3 is 0 Å². The van der Waals surface area contributed by atoms with Crippen LogP contribution in [0.15, 0.2) is 46.9 Å². The number of ether oxygens (including phenoxy) is 1. The number of benzene rings is 2. The Labute approximate surface area is 165 Å². The van der Waals surface area contributed by atoms with Gasteiger partial charge in [-0.2, -0.15) is 0 Å². The lowest BCUT2D eigenvalue weighted by Crippen LogP contribution is -2.26. The maximum absolute atomic E-state index is 12.7. The van der Waals surface area contributed by atoms with Crippen molar-refractivity contribution in [3.63, 3.8) is 0 Å². The van der Waals surface area contributed by atoms with E-state index in [0.717, 1.165) is 15.8 Å². The number of methoxy groups -OCH3 is 1. The van der Waals surface area contributed by atoms with Crippen LogP contribution in [0.2, 0.25) is 0 Å². The van der Waals surface area contributed by atoms with Crippen LogP contribution in [0.3, 0.4) is 0 Å². The van der Waals surface area contributed by atoms with Crippen molar-refractivity contribution in [2.24, 2.45) is 0 Å². The molecule has 2 aromatic rings. The second-order valence-corrected chi connectivity index (χ2v) is 9.45. The largest absolute Gasteiger partial charge is 0.496 e. The smallest absolute Gasteiger partial charge is 0.253 e. The molecule has 3 nitrogen and oxygen atoms in total. The summed E-state index contributed by atoms with van der Waals surface area (Å²) in [4.78, 5) is 14.4. The molecule has 1 heterocycles. The van der Waals surface area contributed by atoms with Crippen molar-refractivity contribution in [1.82, 2.24) is 4.90 Å². The van der Waals surface area contributed by atoms with Gasteiger partial charge in [0.1, 0.15) is 5.75 Å². The van der Waals surface area contributed by atoms with Gasteiger partial charge in [0.2, 0.25) is 0 Å². The Bertz CT molecular complexity index is 746. The normalized spacial score (nSPS) is 14.5. The molecule has 6 heteroatoms. The van der Waals surface area contributed by atoms with Crippen LogP contribution in [0, 0.1) is 0 Å². The molecule has 0 radical (unpaired) electrons. The van der Waals surface area contributed by atoms with E-state index in [1.165, 1.54) is 17.1 Å². The van der Waals surface area contributed by atoms with Gasteiger partial charge in [-0.05, 0) is 35.9 Å². The van der Waals surface area contributed by atoms with Crippen molar-refractivity contribution in [3.8, 4) is 5.75 Å². The molecule has 25 heavy (non-hydrogen) atoms. The van der Waals surface area contributed by atoms with E-state index in [9.17, 15) is 4.79 Å². The summed E-state index contributed by atoms with van der Waals surface area (Å²) in [5, 5.41) is 0. The molecule has 0 unspecified atom stereocenters. The molecule has 0 spiro atoms. The highest BCUT2D eigenvalue weighted by molar-refractivity contribution is 9.10. The summed E-state index contributed by atoms with van der Waals surface area (Å²) in [6.07, 6.45) is 0. The predicted molar refractivity (Wildman–Crippen MR) is 111 cm³/mol. The standard InChI is InChI=1S/C19H20BrNO2S2/c1-21(12-15-11-16(20)7-8-17(15)23-2)18(22)13-3-5-14(6-4-13)19-24-9-10-25-19/h3-8,11,19H,9-10,12H2,1-2H3. The zero-order chi connectivity index (χ0) is 17.8. The molecular weight excluding hydrogens is 418 g/mol. The number of carbonyl (C=O) groups excluding carboxylic acids is 1. The molecule has 0 aliphatic carbocycles. The number of carbonyl (C=O) groups is 1. The van der Waals surface area contributed by atoms with Crippen molar-refractivity contribution in [1.29, 1.82) is 0 Å². The molecule has 1 fully saturated rings. The fourth-order valence-corrected chi connectivity index (χ4v) is 6.02. The first kappa shape index (κ1) is 18.7. The number of rotatable bonds is 5. The zero-order valence-corrected chi connectivity index (χ0v) is 17.4. The number of hydrogen-bond donors (Lipinski definition) is 0. The first-order valence-electron chi connectivity index (χ1n) is 7.99. The SMILES string of the molecule is COc1ccc(Br)cc1CN(C)C(=O)c1ccc(C2SCCS2)cc1. The molecule has 1 saturated heterocycles. The quantitative estimate of drug-likeness (QED) is 0.641. The Kier molecular flexibility index (Phi) is 6.36. The third-order valence-corrected chi connectivity index (χ3v) is 7.65. The molecule has 0 bridgehead atoms. The van der Waals surface area contributed by atoms with Crippen LogP contribution in [-0.2, 0) is 6.54 Å². The second-order valence-electron chi connectivity index (χ2n) is 5.81. The number of thioether (sulfide) groups is 2. The second kappa shape index (κ2) is 8.52. The molecule has 1 aliphatic heterocycles. The van der Waals surface area contributed by atoms with Gasteiger partial charge < -0.3 is 9.64 Å².